The Hall–Kier alpha value is -2.76. The number of nitrogens with one attached hydrogen (secondary N) is 1. The maximum absolute atomic E-state index is 12.6. The number of hydrogen-bond acceptors (Lipinski definition) is 8. The van der Waals surface area contributed by atoms with Crippen LogP contribution in [0.4, 0.5) is 10.6 Å². The molecule has 10 nitrogen and oxygen atoms in total. The van der Waals surface area contributed by atoms with Crippen molar-refractivity contribution in [1.82, 2.24) is 24.6 Å². The molecule has 1 N–H and O–H groups in total. The number of piperidine rings is 1. The summed E-state index contributed by atoms with van der Waals surface area (Å²) in [6.07, 6.45) is 2.94. The van der Waals surface area contributed by atoms with Crippen LogP contribution in [0.2, 0.25) is 14.8 Å². The van der Waals surface area contributed by atoms with Crippen LogP contribution in [0.15, 0.2) is 24.5 Å². The second kappa shape index (κ2) is 11.2. The number of benzene rings is 1. The molecule has 11 heteroatoms. The molecule has 206 valence electrons. The number of aromatic nitrogens is 4. The van der Waals surface area contributed by atoms with Crippen molar-refractivity contribution in [2.24, 2.45) is 0 Å². The average Bonchev–Trinajstić information content (AvgIpc) is 3.27. The molecule has 0 radical (unpaired) electrons. The van der Waals surface area contributed by atoms with E-state index in [9.17, 15) is 4.79 Å². The minimum absolute atomic E-state index is 0.156. The van der Waals surface area contributed by atoms with E-state index in [1.54, 1.807) is 25.4 Å². The molecule has 1 aromatic carbocycles. The van der Waals surface area contributed by atoms with Crippen molar-refractivity contribution in [3.8, 4) is 11.5 Å². The van der Waals surface area contributed by atoms with Gasteiger partial charge in [0, 0.05) is 0 Å². The van der Waals surface area contributed by atoms with Crippen molar-refractivity contribution >= 4 is 45.0 Å². The first-order valence-corrected chi connectivity index (χ1v) is 23.1. The molecule has 4 rings (SSSR count). The Labute approximate surface area is 228 Å². The van der Waals surface area contributed by atoms with E-state index in [1.165, 1.54) is 0 Å². The zero-order chi connectivity index (χ0) is 27.7. The van der Waals surface area contributed by atoms with Gasteiger partial charge < -0.3 is 0 Å². The van der Waals surface area contributed by atoms with Gasteiger partial charge in [-0.25, -0.2) is 0 Å². The summed E-state index contributed by atoms with van der Waals surface area (Å²) < 4.78 is 19.7. The quantitative estimate of drug-likeness (QED) is 0.379. The van der Waals surface area contributed by atoms with Gasteiger partial charge in [0.05, 0.1) is 0 Å². The number of anilines is 1. The topological polar surface area (TPSA) is 104 Å². The zero-order valence-electron chi connectivity index (χ0n) is 23.8. The number of nitrogens with zero attached hydrogens (tertiary/aromatic N) is 5. The summed E-state index contributed by atoms with van der Waals surface area (Å²) in [7, 11) is 3.30. The fourth-order valence-electron chi connectivity index (χ4n) is 4.68. The number of likely N-dealkylation sites (tertiary alicyclic amines) is 1. The predicted octanol–water partition coefficient (Wildman–Crippen LogP) is 4.57. The molecule has 1 saturated heterocycles. The fourth-order valence-corrected chi connectivity index (χ4v) is 8.64. The second-order valence-electron chi connectivity index (χ2n) is 11.7. The van der Waals surface area contributed by atoms with Crippen LogP contribution < -0.4 is 18.5 Å². The summed E-state index contributed by atoms with van der Waals surface area (Å²) in [6, 6.07) is 5.96. The normalized spacial score (nSPS) is 15.0. The predicted molar refractivity (Wildman–Crippen MR) is 151 cm³/mol. The molecule has 0 saturated carbocycles. The first-order chi connectivity index (χ1) is 17.9. The third-order valence-corrected chi connectivity index (χ3v) is 11.7. The van der Waals surface area contributed by atoms with Crippen molar-refractivity contribution in [2.75, 3.05) is 32.6 Å². The number of rotatable bonds is 7. The van der Waals surface area contributed by atoms with Gasteiger partial charge in [0.25, 0.3) is 0 Å². The molecule has 3 aromatic rings. The van der Waals surface area contributed by atoms with Gasteiger partial charge in [-0.3, -0.25) is 0 Å². The molecule has 0 bridgehead atoms. The van der Waals surface area contributed by atoms with Crippen LogP contribution >= 0.6 is 0 Å². The van der Waals surface area contributed by atoms with Gasteiger partial charge in [0.15, 0.2) is 0 Å². The second-order valence-corrected chi connectivity index (χ2v) is 25.9. The molecule has 1 aliphatic heterocycles. The van der Waals surface area contributed by atoms with Crippen molar-refractivity contribution in [3.05, 3.63) is 30.1 Å². The van der Waals surface area contributed by atoms with Gasteiger partial charge in [0.1, 0.15) is 0 Å². The van der Waals surface area contributed by atoms with E-state index in [4.69, 9.17) is 24.3 Å². The van der Waals surface area contributed by atoms with E-state index in [0.717, 1.165) is 50.5 Å². The number of fused-ring (bicyclic) bond motifs is 1. The van der Waals surface area contributed by atoms with Gasteiger partial charge in [-0.2, -0.15) is 0 Å². The molecule has 0 unspecified atom stereocenters. The van der Waals surface area contributed by atoms with E-state index >= 15 is 0 Å². The van der Waals surface area contributed by atoms with Gasteiger partial charge in [0.2, 0.25) is 0 Å². The third kappa shape index (κ3) is 6.27. The fraction of sp³-hybridized carbons (Fsp3) is 0.556. The molecular formula is C27H40N6O4Sn. The summed E-state index contributed by atoms with van der Waals surface area (Å²) >= 11 is -2.68. The third-order valence-electron chi connectivity index (χ3n) is 6.60. The number of amides is 1. The SMILES string of the molecule is COc1ccc(CNc2ncnc3c2[c]([Sn]([CH3])([CH3])[CH3])nn3C2CCN(C(=O)OC(C)(C)C)CC2)c(OC)c1. The summed E-state index contributed by atoms with van der Waals surface area (Å²) in [5.41, 5.74) is 1.35. The Morgan fingerprint density at radius 1 is 1.11 bits per heavy atom. The number of carbonyl (C=O) groups is 1. The number of ether oxygens (including phenoxy) is 3. The molecule has 38 heavy (non-hydrogen) atoms. The molecule has 0 atom stereocenters. The van der Waals surface area contributed by atoms with E-state index in [-0.39, 0.29) is 12.1 Å². The van der Waals surface area contributed by atoms with E-state index in [1.807, 2.05) is 39.0 Å². The number of carbonyl (C=O) groups excluding carboxylic acids is 1. The Morgan fingerprint density at radius 3 is 2.42 bits per heavy atom. The maximum atomic E-state index is 12.6. The minimum atomic E-state index is -2.68. The van der Waals surface area contributed by atoms with Crippen molar-refractivity contribution < 1.29 is 19.0 Å². The molecule has 0 spiro atoms. The molecule has 3 heterocycles. The van der Waals surface area contributed by atoms with Crippen LogP contribution in [-0.4, -0.2) is 82.0 Å². The Morgan fingerprint density at radius 2 is 1.82 bits per heavy atom. The Balaban J connectivity index is 1.61. The number of methoxy groups -OCH3 is 2. The molecule has 1 aliphatic rings. The first-order valence-electron chi connectivity index (χ1n) is 13.1. The standard InChI is InChI=1S/C24H31N6O4.3CH3.Sn/c1-24(2,3)34-23(31)29-10-8-17(9-11-29)30-22-19(14-28-30)21(26-15-27-22)25-13-16-6-7-18(32-4)12-20(16)33-5;;;;/h6-7,12,15,17H,8-11,13H2,1-5H3,(H,25,26,27);3*1H3;. The van der Waals surface area contributed by atoms with E-state index in [0.29, 0.717) is 19.6 Å². The van der Waals surface area contributed by atoms with Crippen LogP contribution in [0.5, 0.6) is 11.5 Å². The van der Waals surface area contributed by atoms with E-state index in [2.05, 4.69) is 29.8 Å². The summed E-state index contributed by atoms with van der Waals surface area (Å²) in [5.74, 6) is 2.29. The summed E-state index contributed by atoms with van der Waals surface area (Å²) in [5, 5.41) is 9.72. The number of hydrogen-bond donors (Lipinski definition) is 1. The van der Waals surface area contributed by atoms with Crippen LogP contribution in [0.1, 0.15) is 45.2 Å². The van der Waals surface area contributed by atoms with Crippen LogP contribution in [0.3, 0.4) is 0 Å². The van der Waals surface area contributed by atoms with Crippen molar-refractivity contribution in [2.45, 2.75) is 66.6 Å². The van der Waals surface area contributed by atoms with Gasteiger partial charge >= 0.3 is 230 Å². The van der Waals surface area contributed by atoms with Gasteiger partial charge in [-0.1, -0.05) is 0 Å². The van der Waals surface area contributed by atoms with Gasteiger partial charge in [-0.05, 0) is 0 Å². The molecule has 1 fully saturated rings. The molecule has 2 aromatic heterocycles. The Bertz CT molecular complexity index is 1290. The summed E-state index contributed by atoms with van der Waals surface area (Å²) in [4.78, 5) is 30.8. The molecular weight excluding hydrogens is 591 g/mol. The monoisotopic (exact) mass is 632 g/mol. The van der Waals surface area contributed by atoms with Crippen molar-refractivity contribution in [1.29, 1.82) is 0 Å². The van der Waals surface area contributed by atoms with Crippen LogP contribution in [-0.2, 0) is 11.3 Å². The van der Waals surface area contributed by atoms with Crippen LogP contribution in [0, 0.1) is 0 Å². The zero-order valence-corrected chi connectivity index (χ0v) is 26.6. The Kier molecular flexibility index (Phi) is 8.29. The molecule has 0 aliphatic carbocycles. The average molecular weight is 631 g/mol. The molecule has 1 amide bonds. The van der Waals surface area contributed by atoms with Crippen LogP contribution in [0.25, 0.3) is 11.0 Å². The first kappa shape index (κ1) is 28.3. The summed E-state index contributed by atoms with van der Waals surface area (Å²) in [6.45, 7) is 7.47. The van der Waals surface area contributed by atoms with Crippen molar-refractivity contribution in [3.63, 3.8) is 0 Å². The van der Waals surface area contributed by atoms with Gasteiger partial charge in [-0.15, -0.1) is 0 Å². The van der Waals surface area contributed by atoms with E-state index < -0.39 is 24.0 Å².